The Balaban J connectivity index is 1.41. The molecular formula is C20H17N5O2S. The van der Waals surface area contributed by atoms with Gasteiger partial charge in [-0.3, -0.25) is 14.5 Å². The number of carbonyl (C=O) groups is 1. The van der Waals surface area contributed by atoms with Crippen molar-refractivity contribution in [2.24, 2.45) is 7.05 Å². The maximum Gasteiger partial charge on any atom is 0.275 e. The van der Waals surface area contributed by atoms with Crippen LogP contribution in [0.15, 0.2) is 66.4 Å². The molecule has 0 radical (unpaired) electrons. The first-order valence-electron chi connectivity index (χ1n) is 8.56. The minimum Gasteiger partial charge on any atom is -0.487 e. The van der Waals surface area contributed by atoms with Crippen molar-refractivity contribution in [3.05, 3.63) is 77.8 Å². The molecule has 1 N–H and O–H groups in total. The number of aromatic nitrogens is 4. The van der Waals surface area contributed by atoms with Crippen LogP contribution in [0.2, 0.25) is 0 Å². The molecule has 3 aromatic heterocycles. The molecule has 28 heavy (non-hydrogen) atoms. The fraction of sp³-hybridized carbons (Fsp3) is 0.100. The number of nitrogens with one attached hydrogen (secondary N) is 1. The number of benzene rings is 1. The van der Waals surface area contributed by atoms with Gasteiger partial charge in [0, 0.05) is 42.1 Å². The zero-order chi connectivity index (χ0) is 19.3. The lowest BCUT2D eigenvalue weighted by Crippen LogP contribution is -2.12. The molecular weight excluding hydrogens is 374 g/mol. The third-order valence-electron chi connectivity index (χ3n) is 3.89. The van der Waals surface area contributed by atoms with Gasteiger partial charge in [-0.25, -0.2) is 4.98 Å². The summed E-state index contributed by atoms with van der Waals surface area (Å²) in [6, 6.07) is 12.9. The molecule has 4 aromatic rings. The van der Waals surface area contributed by atoms with Gasteiger partial charge in [0.05, 0.1) is 11.9 Å². The predicted molar refractivity (Wildman–Crippen MR) is 107 cm³/mol. The van der Waals surface area contributed by atoms with Crippen molar-refractivity contribution in [1.82, 2.24) is 19.7 Å². The molecule has 0 unspecified atom stereocenters. The lowest BCUT2D eigenvalue weighted by atomic mass is 10.3. The van der Waals surface area contributed by atoms with E-state index in [4.69, 9.17) is 4.74 Å². The Morgan fingerprint density at radius 1 is 1.25 bits per heavy atom. The van der Waals surface area contributed by atoms with E-state index in [0.717, 1.165) is 16.3 Å². The van der Waals surface area contributed by atoms with E-state index in [2.05, 4.69) is 20.4 Å². The van der Waals surface area contributed by atoms with E-state index >= 15 is 0 Å². The molecule has 0 saturated heterocycles. The SMILES string of the molecule is Cn1cc(-c2nc(C(=O)Nc3cccc(OCc4ccccn4)c3)cs2)cn1. The Hall–Kier alpha value is -3.52. The van der Waals surface area contributed by atoms with E-state index in [9.17, 15) is 4.79 Å². The van der Waals surface area contributed by atoms with E-state index in [1.165, 1.54) is 11.3 Å². The number of rotatable bonds is 6. The number of anilines is 1. The van der Waals surface area contributed by atoms with Crippen LogP contribution in [0.1, 0.15) is 16.2 Å². The Labute approximate surface area is 165 Å². The second kappa shape index (κ2) is 8.01. The first kappa shape index (κ1) is 17.9. The van der Waals surface area contributed by atoms with Crippen molar-refractivity contribution in [3.63, 3.8) is 0 Å². The third kappa shape index (κ3) is 4.24. The number of hydrogen-bond donors (Lipinski definition) is 1. The molecule has 3 heterocycles. The highest BCUT2D eigenvalue weighted by molar-refractivity contribution is 7.13. The van der Waals surface area contributed by atoms with Gasteiger partial charge in [-0.1, -0.05) is 12.1 Å². The highest BCUT2D eigenvalue weighted by Crippen LogP contribution is 2.24. The van der Waals surface area contributed by atoms with Crippen LogP contribution in [0.4, 0.5) is 5.69 Å². The minimum absolute atomic E-state index is 0.270. The van der Waals surface area contributed by atoms with Crippen molar-refractivity contribution in [2.75, 3.05) is 5.32 Å². The summed E-state index contributed by atoms with van der Waals surface area (Å²) in [4.78, 5) is 21.1. The smallest absolute Gasteiger partial charge is 0.275 e. The standard InChI is InChI=1S/C20H17N5O2S/c1-25-11-14(10-22-25)20-24-18(13-28-20)19(26)23-15-6-4-7-17(9-15)27-12-16-5-2-3-8-21-16/h2-11,13H,12H2,1H3,(H,23,26). The van der Waals surface area contributed by atoms with Gasteiger partial charge in [-0.2, -0.15) is 5.10 Å². The summed E-state index contributed by atoms with van der Waals surface area (Å²) in [6.07, 6.45) is 5.31. The largest absolute Gasteiger partial charge is 0.487 e. The van der Waals surface area contributed by atoms with Crippen molar-refractivity contribution in [2.45, 2.75) is 6.61 Å². The average Bonchev–Trinajstić information content (AvgIpc) is 3.37. The molecule has 1 aromatic carbocycles. The molecule has 0 aliphatic heterocycles. The number of pyridine rings is 1. The van der Waals surface area contributed by atoms with Crippen LogP contribution in [0.25, 0.3) is 10.6 Å². The van der Waals surface area contributed by atoms with E-state index in [1.807, 2.05) is 43.6 Å². The second-order valence-electron chi connectivity index (χ2n) is 6.03. The number of hydrogen-bond acceptors (Lipinski definition) is 6. The van der Waals surface area contributed by atoms with Crippen molar-refractivity contribution in [3.8, 4) is 16.3 Å². The first-order chi connectivity index (χ1) is 13.7. The topological polar surface area (TPSA) is 81.9 Å². The maximum absolute atomic E-state index is 12.5. The summed E-state index contributed by atoms with van der Waals surface area (Å²) in [6.45, 7) is 0.360. The highest BCUT2D eigenvalue weighted by Gasteiger charge is 2.13. The number of amides is 1. The average molecular weight is 391 g/mol. The summed E-state index contributed by atoms with van der Waals surface area (Å²) in [5, 5.41) is 9.47. The lowest BCUT2D eigenvalue weighted by Gasteiger charge is -2.08. The minimum atomic E-state index is -0.270. The molecule has 0 aliphatic carbocycles. The molecule has 7 nitrogen and oxygen atoms in total. The van der Waals surface area contributed by atoms with E-state index in [-0.39, 0.29) is 5.91 Å². The van der Waals surface area contributed by atoms with E-state index in [0.29, 0.717) is 23.7 Å². The summed E-state index contributed by atoms with van der Waals surface area (Å²) in [5.41, 5.74) is 2.72. The van der Waals surface area contributed by atoms with Gasteiger partial charge in [0.15, 0.2) is 0 Å². The first-order valence-corrected chi connectivity index (χ1v) is 9.44. The van der Waals surface area contributed by atoms with Gasteiger partial charge in [-0.15, -0.1) is 11.3 Å². The maximum atomic E-state index is 12.5. The molecule has 140 valence electrons. The van der Waals surface area contributed by atoms with Gasteiger partial charge in [0.2, 0.25) is 0 Å². The van der Waals surface area contributed by atoms with Crippen LogP contribution in [0.5, 0.6) is 5.75 Å². The second-order valence-corrected chi connectivity index (χ2v) is 6.89. The Kier molecular flexibility index (Phi) is 5.11. The van der Waals surface area contributed by atoms with E-state index < -0.39 is 0 Å². The monoisotopic (exact) mass is 391 g/mol. The number of thiazole rings is 1. The molecule has 4 rings (SSSR count). The van der Waals surface area contributed by atoms with E-state index in [1.54, 1.807) is 34.6 Å². The predicted octanol–water partition coefficient (Wildman–Crippen LogP) is 3.77. The van der Waals surface area contributed by atoms with Gasteiger partial charge < -0.3 is 10.1 Å². The molecule has 0 fully saturated rings. The molecule has 8 heteroatoms. The summed E-state index contributed by atoms with van der Waals surface area (Å²) < 4.78 is 7.45. The van der Waals surface area contributed by atoms with Gasteiger partial charge in [-0.05, 0) is 24.3 Å². The fourth-order valence-corrected chi connectivity index (χ4v) is 3.32. The number of aryl methyl sites for hydroxylation is 1. The molecule has 0 saturated carbocycles. The zero-order valence-corrected chi connectivity index (χ0v) is 15.9. The summed E-state index contributed by atoms with van der Waals surface area (Å²) in [7, 11) is 1.84. The molecule has 0 atom stereocenters. The summed E-state index contributed by atoms with van der Waals surface area (Å²) >= 11 is 1.41. The molecule has 0 bridgehead atoms. The molecule has 0 spiro atoms. The Morgan fingerprint density at radius 3 is 2.96 bits per heavy atom. The lowest BCUT2D eigenvalue weighted by molar-refractivity contribution is 0.102. The van der Waals surface area contributed by atoms with Gasteiger partial charge in [0.25, 0.3) is 5.91 Å². The van der Waals surface area contributed by atoms with Crippen molar-refractivity contribution in [1.29, 1.82) is 0 Å². The number of carbonyl (C=O) groups excluding carboxylic acids is 1. The van der Waals surface area contributed by atoms with Crippen molar-refractivity contribution >= 4 is 22.9 Å². The number of ether oxygens (including phenoxy) is 1. The third-order valence-corrected chi connectivity index (χ3v) is 4.78. The van der Waals surface area contributed by atoms with Gasteiger partial charge in [0.1, 0.15) is 23.1 Å². The highest BCUT2D eigenvalue weighted by atomic mass is 32.1. The van der Waals surface area contributed by atoms with Crippen LogP contribution in [-0.4, -0.2) is 25.7 Å². The van der Waals surface area contributed by atoms with Gasteiger partial charge >= 0.3 is 0 Å². The van der Waals surface area contributed by atoms with Crippen LogP contribution in [-0.2, 0) is 13.7 Å². The van der Waals surface area contributed by atoms with Crippen molar-refractivity contribution < 1.29 is 9.53 Å². The molecule has 1 amide bonds. The van der Waals surface area contributed by atoms with Crippen LogP contribution >= 0.6 is 11.3 Å². The zero-order valence-electron chi connectivity index (χ0n) is 15.1. The Bertz CT molecular complexity index is 1090. The Morgan fingerprint density at radius 2 is 2.18 bits per heavy atom. The quantitative estimate of drug-likeness (QED) is 0.541. The number of nitrogens with zero attached hydrogens (tertiary/aromatic N) is 4. The normalized spacial score (nSPS) is 10.6. The summed E-state index contributed by atoms with van der Waals surface area (Å²) in [5.74, 6) is 0.381. The van der Waals surface area contributed by atoms with Crippen LogP contribution in [0, 0.1) is 0 Å². The fourth-order valence-electron chi connectivity index (χ4n) is 2.54. The van der Waals surface area contributed by atoms with Crippen LogP contribution in [0.3, 0.4) is 0 Å². The van der Waals surface area contributed by atoms with Crippen LogP contribution < -0.4 is 10.1 Å². The molecule has 0 aliphatic rings.